The molecule has 2 rings (SSSR count). The largest absolute Gasteiger partial charge is 0.350 e. The summed E-state index contributed by atoms with van der Waals surface area (Å²) < 4.78 is 2.19. The Balaban J connectivity index is 2.05. The number of aryl methyl sites for hydroxylation is 3. The Bertz CT molecular complexity index is 531. The van der Waals surface area contributed by atoms with Gasteiger partial charge in [0.2, 0.25) is 5.95 Å². The second-order valence-corrected chi connectivity index (χ2v) is 4.87. The number of anilines is 1. The lowest BCUT2D eigenvalue weighted by Gasteiger charge is -2.10. The number of nitrogens with zero attached hydrogens (tertiary/aromatic N) is 3. The van der Waals surface area contributed by atoms with Gasteiger partial charge in [-0.25, -0.2) is 4.98 Å². The highest BCUT2D eigenvalue weighted by atomic mass is 15.2. The van der Waals surface area contributed by atoms with Crippen molar-refractivity contribution < 1.29 is 0 Å². The minimum atomic E-state index is 0.718. The van der Waals surface area contributed by atoms with E-state index in [0.29, 0.717) is 0 Å². The fourth-order valence-electron chi connectivity index (χ4n) is 2.05. The molecule has 0 atom stereocenters. The van der Waals surface area contributed by atoms with Crippen LogP contribution in [0.15, 0.2) is 24.5 Å². The highest BCUT2D eigenvalue weighted by Gasteiger charge is 2.06. The Morgan fingerprint density at radius 3 is 2.89 bits per heavy atom. The molecule has 0 aliphatic carbocycles. The second-order valence-electron chi connectivity index (χ2n) is 4.87. The van der Waals surface area contributed by atoms with Gasteiger partial charge in [-0.2, -0.15) is 0 Å². The van der Waals surface area contributed by atoms with Crippen LogP contribution in [0, 0.1) is 13.8 Å². The summed E-state index contributed by atoms with van der Waals surface area (Å²) in [5.74, 6) is 0.941. The van der Waals surface area contributed by atoms with Crippen molar-refractivity contribution in [3.8, 4) is 0 Å². The Labute approximate surface area is 114 Å². The van der Waals surface area contributed by atoms with Crippen LogP contribution in [-0.2, 0) is 13.1 Å². The topological polar surface area (TPSA) is 42.7 Å². The molecular formula is C15H22N4. The fourth-order valence-corrected chi connectivity index (χ4v) is 2.05. The molecule has 0 fully saturated rings. The van der Waals surface area contributed by atoms with Gasteiger partial charge in [-0.15, -0.1) is 0 Å². The molecule has 19 heavy (non-hydrogen) atoms. The molecular weight excluding hydrogens is 236 g/mol. The first-order valence-corrected chi connectivity index (χ1v) is 6.89. The lowest BCUT2D eigenvalue weighted by Crippen LogP contribution is -2.09. The molecule has 0 aliphatic heterocycles. The molecule has 2 aromatic rings. The van der Waals surface area contributed by atoms with E-state index >= 15 is 0 Å². The molecule has 4 nitrogen and oxygen atoms in total. The van der Waals surface area contributed by atoms with E-state index in [1.807, 2.05) is 19.2 Å². The van der Waals surface area contributed by atoms with Crippen LogP contribution in [0.4, 0.5) is 5.95 Å². The summed E-state index contributed by atoms with van der Waals surface area (Å²) in [5.41, 5.74) is 3.33. The zero-order chi connectivity index (χ0) is 13.7. The summed E-state index contributed by atoms with van der Waals surface area (Å²) in [6.07, 6.45) is 6.30. The van der Waals surface area contributed by atoms with Gasteiger partial charge < -0.3 is 9.88 Å². The number of imidazole rings is 1. The van der Waals surface area contributed by atoms with Gasteiger partial charge in [0.25, 0.3) is 0 Å². The Kier molecular flexibility index (Phi) is 4.55. The highest BCUT2D eigenvalue weighted by molar-refractivity contribution is 5.31. The van der Waals surface area contributed by atoms with E-state index in [1.165, 1.54) is 18.4 Å². The first-order chi connectivity index (χ1) is 9.20. The van der Waals surface area contributed by atoms with Crippen molar-refractivity contribution >= 4 is 5.95 Å². The molecule has 0 bridgehead atoms. The monoisotopic (exact) mass is 258 g/mol. The molecule has 0 spiro atoms. The molecule has 0 amide bonds. The molecule has 2 heterocycles. The van der Waals surface area contributed by atoms with Gasteiger partial charge in [-0.05, 0) is 31.9 Å². The van der Waals surface area contributed by atoms with Crippen LogP contribution in [0.25, 0.3) is 0 Å². The van der Waals surface area contributed by atoms with Crippen LogP contribution in [0.1, 0.15) is 36.7 Å². The van der Waals surface area contributed by atoms with E-state index in [1.54, 1.807) is 0 Å². The molecule has 1 N–H and O–H groups in total. The summed E-state index contributed by atoms with van der Waals surface area (Å²) in [6, 6.07) is 4.05. The van der Waals surface area contributed by atoms with Crippen LogP contribution < -0.4 is 5.32 Å². The van der Waals surface area contributed by atoms with Crippen molar-refractivity contribution in [2.75, 3.05) is 5.32 Å². The lowest BCUT2D eigenvalue weighted by atomic mass is 10.2. The lowest BCUT2D eigenvalue weighted by molar-refractivity contribution is 0.634. The molecule has 2 aromatic heterocycles. The number of unbranched alkanes of at least 4 members (excludes halogenated alkanes) is 1. The Morgan fingerprint density at radius 2 is 2.16 bits per heavy atom. The quantitative estimate of drug-likeness (QED) is 0.864. The third-order valence-electron chi connectivity index (χ3n) is 3.18. The second kappa shape index (κ2) is 6.36. The molecule has 4 heteroatoms. The average molecular weight is 258 g/mol. The molecule has 0 saturated heterocycles. The molecule has 0 radical (unpaired) electrons. The van der Waals surface area contributed by atoms with Gasteiger partial charge in [0.05, 0.1) is 17.9 Å². The number of rotatable bonds is 6. The van der Waals surface area contributed by atoms with Crippen LogP contribution in [0.5, 0.6) is 0 Å². The van der Waals surface area contributed by atoms with Gasteiger partial charge in [0, 0.05) is 18.9 Å². The zero-order valence-corrected chi connectivity index (χ0v) is 12.0. The van der Waals surface area contributed by atoms with Crippen LogP contribution >= 0.6 is 0 Å². The van der Waals surface area contributed by atoms with E-state index in [9.17, 15) is 0 Å². The Hall–Kier alpha value is -1.84. The summed E-state index contributed by atoms with van der Waals surface area (Å²) >= 11 is 0. The van der Waals surface area contributed by atoms with Gasteiger partial charge in [0.1, 0.15) is 0 Å². The summed E-state index contributed by atoms with van der Waals surface area (Å²) in [6.45, 7) is 8.04. The van der Waals surface area contributed by atoms with E-state index < -0.39 is 0 Å². The molecule has 0 unspecified atom stereocenters. The minimum Gasteiger partial charge on any atom is -0.350 e. The molecule has 0 saturated carbocycles. The SMILES string of the molecule is CCCCn1cc(C)nc1NCc1ncccc1C. The Morgan fingerprint density at radius 1 is 1.32 bits per heavy atom. The number of pyridine rings is 1. The first kappa shape index (κ1) is 13.6. The number of aromatic nitrogens is 3. The van der Waals surface area contributed by atoms with Crippen molar-refractivity contribution in [3.63, 3.8) is 0 Å². The predicted molar refractivity (Wildman–Crippen MR) is 78.2 cm³/mol. The predicted octanol–water partition coefficient (Wildman–Crippen LogP) is 3.31. The number of hydrogen-bond acceptors (Lipinski definition) is 3. The van der Waals surface area contributed by atoms with Crippen molar-refractivity contribution in [2.24, 2.45) is 0 Å². The summed E-state index contributed by atoms with van der Waals surface area (Å²) in [4.78, 5) is 8.92. The van der Waals surface area contributed by atoms with E-state index in [4.69, 9.17) is 0 Å². The van der Waals surface area contributed by atoms with Gasteiger partial charge >= 0.3 is 0 Å². The van der Waals surface area contributed by atoms with Crippen LogP contribution in [0.3, 0.4) is 0 Å². The van der Waals surface area contributed by atoms with E-state index in [0.717, 1.165) is 30.4 Å². The third-order valence-corrected chi connectivity index (χ3v) is 3.18. The molecule has 0 aromatic carbocycles. The standard InChI is InChI=1S/C15H22N4/c1-4-5-9-19-11-13(3)18-15(19)17-10-14-12(2)7-6-8-16-14/h6-8,11H,4-5,9-10H2,1-3H3,(H,17,18). The van der Waals surface area contributed by atoms with Gasteiger partial charge in [0.15, 0.2) is 0 Å². The van der Waals surface area contributed by atoms with Crippen LogP contribution in [0.2, 0.25) is 0 Å². The highest BCUT2D eigenvalue weighted by Crippen LogP contribution is 2.12. The normalized spacial score (nSPS) is 10.7. The average Bonchev–Trinajstić information content (AvgIpc) is 2.76. The maximum atomic E-state index is 4.53. The van der Waals surface area contributed by atoms with Crippen LogP contribution in [-0.4, -0.2) is 14.5 Å². The maximum Gasteiger partial charge on any atom is 0.203 e. The maximum absolute atomic E-state index is 4.53. The zero-order valence-electron chi connectivity index (χ0n) is 12.0. The van der Waals surface area contributed by atoms with Gasteiger partial charge in [-0.3, -0.25) is 4.98 Å². The van der Waals surface area contributed by atoms with Crippen molar-refractivity contribution in [1.29, 1.82) is 0 Å². The summed E-state index contributed by atoms with van der Waals surface area (Å²) in [7, 11) is 0. The molecule has 102 valence electrons. The van der Waals surface area contributed by atoms with Crippen molar-refractivity contribution in [1.82, 2.24) is 14.5 Å². The third kappa shape index (κ3) is 3.56. The molecule has 0 aliphatic rings. The van der Waals surface area contributed by atoms with E-state index in [-0.39, 0.29) is 0 Å². The first-order valence-electron chi connectivity index (χ1n) is 6.89. The minimum absolute atomic E-state index is 0.718. The fraction of sp³-hybridized carbons (Fsp3) is 0.467. The number of nitrogens with one attached hydrogen (secondary N) is 1. The van der Waals surface area contributed by atoms with Crippen molar-refractivity contribution in [3.05, 3.63) is 41.5 Å². The van der Waals surface area contributed by atoms with Crippen molar-refractivity contribution in [2.45, 2.75) is 46.7 Å². The smallest absolute Gasteiger partial charge is 0.203 e. The van der Waals surface area contributed by atoms with E-state index in [2.05, 4.69) is 46.0 Å². The van der Waals surface area contributed by atoms with Gasteiger partial charge in [-0.1, -0.05) is 19.4 Å². The summed E-state index contributed by atoms with van der Waals surface area (Å²) in [5, 5.41) is 3.39. The number of hydrogen-bond donors (Lipinski definition) is 1.